The van der Waals surface area contributed by atoms with E-state index in [1.807, 2.05) is 4.90 Å². The van der Waals surface area contributed by atoms with Gasteiger partial charge in [-0.25, -0.2) is 10.2 Å². The number of hydrogen-bond acceptors (Lipinski definition) is 6. The van der Waals surface area contributed by atoms with E-state index in [0.717, 1.165) is 6.07 Å². The smallest absolute Gasteiger partial charge is 0.428 e. The van der Waals surface area contributed by atoms with E-state index in [2.05, 4.69) is 37.1 Å². The summed E-state index contributed by atoms with van der Waals surface area (Å²) in [7, 11) is 1.36. The summed E-state index contributed by atoms with van der Waals surface area (Å²) in [4.78, 5) is 37.1. The van der Waals surface area contributed by atoms with Gasteiger partial charge in [-0.3, -0.25) is 9.59 Å². The van der Waals surface area contributed by atoms with Gasteiger partial charge in [0.15, 0.2) is 5.60 Å². The van der Waals surface area contributed by atoms with Crippen molar-refractivity contribution >= 4 is 39.5 Å². The van der Waals surface area contributed by atoms with Crippen molar-refractivity contribution in [3.05, 3.63) is 33.8 Å². The molecule has 13 heteroatoms. The molecule has 9 nitrogen and oxygen atoms in total. The lowest BCUT2D eigenvalue weighted by Crippen LogP contribution is -2.57. The third kappa shape index (κ3) is 5.46. The fourth-order valence-electron chi connectivity index (χ4n) is 3.96. The third-order valence-corrected chi connectivity index (χ3v) is 6.40. The second-order valence-electron chi connectivity index (χ2n) is 7.88. The molecule has 180 valence electrons. The number of amides is 3. The number of hydrazone groups is 1. The first-order valence-corrected chi connectivity index (χ1v) is 10.9. The van der Waals surface area contributed by atoms with Crippen molar-refractivity contribution in [3.63, 3.8) is 0 Å². The zero-order valence-corrected chi connectivity index (χ0v) is 19.5. The van der Waals surface area contributed by atoms with Gasteiger partial charge < -0.3 is 20.3 Å². The highest BCUT2D eigenvalue weighted by Crippen LogP contribution is 2.40. The Labute approximate surface area is 196 Å². The molecule has 0 bridgehead atoms. The molecule has 2 aliphatic rings. The molecule has 0 unspecified atom stereocenters. The fourth-order valence-corrected chi connectivity index (χ4v) is 4.64. The lowest BCUT2D eigenvalue weighted by Gasteiger charge is -2.43. The Hall–Kier alpha value is -2.67. The topological polar surface area (TPSA) is 112 Å². The number of carbonyl (C=O) groups is 3. The summed E-state index contributed by atoms with van der Waals surface area (Å²) < 4.78 is 45.6. The van der Waals surface area contributed by atoms with Crippen LogP contribution in [0.25, 0.3) is 0 Å². The van der Waals surface area contributed by atoms with E-state index < -0.39 is 35.2 Å². The van der Waals surface area contributed by atoms with Crippen LogP contribution in [0.5, 0.6) is 0 Å². The van der Waals surface area contributed by atoms with E-state index in [1.165, 1.54) is 19.2 Å². The molecule has 1 aromatic carbocycles. The summed E-state index contributed by atoms with van der Waals surface area (Å²) >= 11 is 3.05. The first kappa shape index (κ1) is 25.0. The van der Waals surface area contributed by atoms with Crippen molar-refractivity contribution in [2.45, 2.75) is 37.6 Å². The number of carbonyl (C=O) groups excluding carboxylic acids is 3. The van der Waals surface area contributed by atoms with Gasteiger partial charge in [0.2, 0.25) is 0 Å². The number of benzene rings is 1. The second-order valence-corrected chi connectivity index (χ2v) is 8.67. The summed E-state index contributed by atoms with van der Waals surface area (Å²) in [5.41, 5.74) is 0.540. The van der Waals surface area contributed by atoms with Crippen molar-refractivity contribution < 1.29 is 32.3 Å². The van der Waals surface area contributed by atoms with Crippen LogP contribution in [0.15, 0.2) is 27.8 Å². The van der Waals surface area contributed by atoms with Crippen molar-refractivity contribution in [1.82, 2.24) is 21.0 Å². The predicted molar refractivity (Wildman–Crippen MR) is 115 cm³/mol. The molecule has 0 aromatic heterocycles. The van der Waals surface area contributed by atoms with Gasteiger partial charge in [0.1, 0.15) is 5.71 Å². The molecule has 2 aliphatic heterocycles. The van der Waals surface area contributed by atoms with Crippen LogP contribution >= 0.6 is 15.9 Å². The second kappa shape index (κ2) is 9.67. The number of nitrogens with one attached hydrogen (secondary N) is 3. The molecule has 0 radical (unpaired) electrons. The molecule has 3 N–H and O–H groups in total. The Morgan fingerprint density at radius 3 is 2.58 bits per heavy atom. The highest BCUT2D eigenvalue weighted by Gasteiger charge is 2.47. The van der Waals surface area contributed by atoms with Gasteiger partial charge in [-0.05, 0) is 28.9 Å². The van der Waals surface area contributed by atoms with Crippen molar-refractivity contribution in [2.24, 2.45) is 5.10 Å². The summed E-state index contributed by atoms with van der Waals surface area (Å²) in [6, 6.07) is 3.40. The van der Waals surface area contributed by atoms with Crippen molar-refractivity contribution in [2.75, 3.05) is 26.7 Å². The zero-order chi connectivity index (χ0) is 24.4. The monoisotopic (exact) mass is 533 g/mol. The van der Waals surface area contributed by atoms with E-state index in [0.29, 0.717) is 19.6 Å². The van der Waals surface area contributed by atoms with Crippen LogP contribution in [0.3, 0.4) is 0 Å². The van der Waals surface area contributed by atoms with Gasteiger partial charge >= 0.3 is 24.1 Å². The fraction of sp³-hybridized carbons (Fsp3) is 0.500. The average Bonchev–Trinajstić information content (AvgIpc) is 2.74. The molecule has 1 aromatic rings. The van der Waals surface area contributed by atoms with Crippen LogP contribution < -0.4 is 16.1 Å². The maximum absolute atomic E-state index is 13.4. The number of rotatable bonds is 4. The molecule has 1 atom stereocenters. The lowest BCUT2D eigenvalue weighted by molar-refractivity contribution is -0.139. The number of piperidine rings is 1. The van der Waals surface area contributed by atoms with Gasteiger partial charge in [0, 0.05) is 55.6 Å². The van der Waals surface area contributed by atoms with E-state index in [1.54, 1.807) is 6.92 Å². The molecule has 1 saturated heterocycles. The maximum Gasteiger partial charge on any atom is 0.428 e. The Morgan fingerprint density at radius 1 is 1.30 bits per heavy atom. The van der Waals surface area contributed by atoms with Gasteiger partial charge in [0.25, 0.3) is 0 Å². The van der Waals surface area contributed by atoms with Crippen LogP contribution in [-0.2, 0) is 20.5 Å². The highest BCUT2D eigenvalue weighted by atomic mass is 79.9. The summed E-state index contributed by atoms with van der Waals surface area (Å²) in [5, 5.41) is 8.91. The SMILES string of the molecule is CNC(=O)C(=O)N[C@@H](C)CN1CCC2(CC1)OC(=O)NN=C2c1cccc(C(F)(F)F)c1Br. The van der Waals surface area contributed by atoms with Crippen LogP contribution in [0.1, 0.15) is 30.9 Å². The average molecular weight is 534 g/mol. The number of halogens is 4. The first-order valence-electron chi connectivity index (χ1n) is 10.1. The van der Waals surface area contributed by atoms with E-state index in [4.69, 9.17) is 4.74 Å². The Balaban J connectivity index is 1.77. The first-order chi connectivity index (χ1) is 15.5. The number of likely N-dealkylation sites (tertiary alicyclic amines) is 1. The molecule has 1 fully saturated rings. The van der Waals surface area contributed by atoms with Gasteiger partial charge in [-0.1, -0.05) is 12.1 Å². The number of nitrogens with zero attached hydrogens (tertiary/aromatic N) is 2. The molecule has 0 saturated carbocycles. The van der Waals surface area contributed by atoms with E-state index in [-0.39, 0.29) is 34.6 Å². The molecule has 3 amide bonds. The van der Waals surface area contributed by atoms with Crippen LogP contribution in [-0.4, -0.2) is 66.8 Å². The van der Waals surface area contributed by atoms with E-state index in [9.17, 15) is 27.6 Å². The third-order valence-electron chi connectivity index (χ3n) is 5.54. The minimum Gasteiger partial charge on any atom is -0.435 e. The van der Waals surface area contributed by atoms with Gasteiger partial charge in [-0.2, -0.15) is 18.3 Å². The summed E-state index contributed by atoms with van der Waals surface area (Å²) in [5.74, 6) is -1.48. The molecule has 3 rings (SSSR count). The molecule has 33 heavy (non-hydrogen) atoms. The van der Waals surface area contributed by atoms with Crippen molar-refractivity contribution in [1.29, 1.82) is 0 Å². The molecular weight excluding hydrogens is 511 g/mol. The van der Waals surface area contributed by atoms with E-state index >= 15 is 0 Å². The van der Waals surface area contributed by atoms with Crippen LogP contribution in [0.2, 0.25) is 0 Å². The highest BCUT2D eigenvalue weighted by molar-refractivity contribution is 9.10. The quantitative estimate of drug-likeness (QED) is 0.512. The lowest BCUT2D eigenvalue weighted by atomic mass is 9.82. The number of hydrogen-bond donors (Lipinski definition) is 3. The normalized spacial score (nSPS) is 19.2. The molecule has 0 aliphatic carbocycles. The van der Waals surface area contributed by atoms with Gasteiger partial charge in [0.05, 0.1) is 5.56 Å². The van der Waals surface area contributed by atoms with Crippen LogP contribution in [0, 0.1) is 0 Å². The molecule has 1 spiro atoms. The zero-order valence-electron chi connectivity index (χ0n) is 17.9. The summed E-state index contributed by atoms with van der Waals surface area (Å²) in [6.45, 7) is 3.05. The maximum atomic E-state index is 13.4. The predicted octanol–water partition coefficient (Wildman–Crippen LogP) is 2.00. The minimum absolute atomic E-state index is 0.177. The largest absolute Gasteiger partial charge is 0.435 e. The Morgan fingerprint density at radius 2 is 1.97 bits per heavy atom. The van der Waals surface area contributed by atoms with Crippen LogP contribution in [0.4, 0.5) is 18.0 Å². The number of ether oxygens (including phenoxy) is 1. The van der Waals surface area contributed by atoms with Crippen molar-refractivity contribution in [3.8, 4) is 0 Å². The standard InChI is InChI=1S/C20H23BrF3N5O4/c1-11(26-17(31)16(30)25-2)10-29-8-6-19(7-9-29)15(27-28-18(32)33-19)12-4-3-5-13(14(12)21)20(22,23)24/h3-5,11H,6-10H2,1-2H3,(H,25,30)(H,26,31)(H,28,32)/t11-/m0/s1. The number of alkyl halides is 3. The Kier molecular flexibility index (Phi) is 7.32. The molecule has 2 heterocycles. The minimum atomic E-state index is -4.57. The molecular formula is C20H23BrF3N5O4. The Bertz CT molecular complexity index is 977. The van der Waals surface area contributed by atoms with Gasteiger partial charge in [-0.15, -0.1) is 0 Å². The number of likely N-dealkylation sites (N-methyl/N-ethyl adjacent to an activating group) is 1. The summed E-state index contributed by atoms with van der Waals surface area (Å²) in [6.07, 6.45) is -4.77.